The van der Waals surface area contributed by atoms with Crippen LogP contribution in [0.1, 0.15) is 12.5 Å². The Balaban J connectivity index is 1.99. The van der Waals surface area contributed by atoms with Crippen LogP contribution in [-0.4, -0.2) is 23.8 Å². The number of phenolic OH excluding ortho intramolecular Hbond substituents is 1. The molecule has 128 valence electrons. The molecule has 0 atom stereocenters. The summed E-state index contributed by atoms with van der Waals surface area (Å²) >= 11 is 11.9. The zero-order valence-corrected chi connectivity index (χ0v) is 15.0. The molecule has 1 heterocycles. The molecule has 0 aliphatic carbocycles. The molecule has 1 N–H and O–H groups in total. The standard InChI is InChI=1S/C18H14Cl2N2O3/c1-10-13(8-11-4-3-5-16(25-2)17(11)23)18(24)22(21-10)12-6-7-14(19)15(20)9-12/h3-9,23H,1-2H3/b13-8+. The number of benzene rings is 2. The molecule has 0 saturated heterocycles. The molecule has 0 saturated carbocycles. The second-order valence-electron chi connectivity index (χ2n) is 5.36. The Morgan fingerprint density at radius 1 is 1.20 bits per heavy atom. The number of ether oxygens (including phenoxy) is 1. The maximum absolute atomic E-state index is 12.7. The van der Waals surface area contributed by atoms with E-state index in [-0.39, 0.29) is 11.7 Å². The Kier molecular flexibility index (Phi) is 4.70. The Morgan fingerprint density at radius 3 is 2.64 bits per heavy atom. The third kappa shape index (κ3) is 3.21. The van der Waals surface area contributed by atoms with Crippen LogP contribution < -0.4 is 9.75 Å². The number of hydrogen-bond acceptors (Lipinski definition) is 4. The second kappa shape index (κ2) is 6.78. The van der Waals surface area contributed by atoms with E-state index >= 15 is 0 Å². The van der Waals surface area contributed by atoms with E-state index in [1.807, 2.05) is 0 Å². The summed E-state index contributed by atoms with van der Waals surface area (Å²) in [6.45, 7) is 1.72. The summed E-state index contributed by atoms with van der Waals surface area (Å²) in [6.07, 6.45) is 1.58. The van der Waals surface area contributed by atoms with Crippen molar-refractivity contribution in [1.29, 1.82) is 0 Å². The van der Waals surface area contributed by atoms with Crippen molar-refractivity contribution in [1.82, 2.24) is 0 Å². The number of anilines is 1. The molecule has 5 nitrogen and oxygen atoms in total. The largest absolute Gasteiger partial charge is 0.504 e. The van der Waals surface area contributed by atoms with Gasteiger partial charge in [0.05, 0.1) is 34.1 Å². The van der Waals surface area contributed by atoms with Gasteiger partial charge in [0.2, 0.25) is 0 Å². The van der Waals surface area contributed by atoms with Gasteiger partial charge in [-0.15, -0.1) is 0 Å². The topological polar surface area (TPSA) is 62.1 Å². The summed E-state index contributed by atoms with van der Waals surface area (Å²) in [5.41, 5.74) is 1.87. The Labute approximate surface area is 154 Å². The predicted molar refractivity (Wildman–Crippen MR) is 99.7 cm³/mol. The van der Waals surface area contributed by atoms with Gasteiger partial charge in [-0.2, -0.15) is 10.1 Å². The van der Waals surface area contributed by atoms with E-state index in [1.54, 1.807) is 49.4 Å². The zero-order valence-electron chi connectivity index (χ0n) is 13.5. The first-order chi connectivity index (χ1) is 11.9. The van der Waals surface area contributed by atoms with Crippen molar-refractivity contribution >= 4 is 46.6 Å². The third-order valence-corrected chi connectivity index (χ3v) is 4.50. The molecule has 2 aromatic rings. The van der Waals surface area contributed by atoms with E-state index in [0.717, 1.165) is 0 Å². The minimum absolute atomic E-state index is 0.0360. The number of hydrazone groups is 1. The second-order valence-corrected chi connectivity index (χ2v) is 6.17. The number of halogens is 2. The van der Waals surface area contributed by atoms with Gasteiger partial charge in [0, 0.05) is 5.56 Å². The van der Waals surface area contributed by atoms with E-state index in [0.29, 0.717) is 38.3 Å². The van der Waals surface area contributed by atoms with Crippen LogP contribution in [0.25, 0.3) is 6.08 Å². The van der Waals surface area contributed by atoms with Crippen LogP contribution in [0.5, 0.6) is 11.5 Å². The van der Waals surface area contributed by atoms with Crippen molar-refractivity contribution in [3.8, 4) is 11.5 Å². The lowest BCUT2D eigenvalue weighted by Crippen LogP contribution is -2.21. The third-order valence-electron chi connectivity index (χ3n) is 3.76. The number of carbonyl (C=O) groups is 1. The molecule has 0 fully saturated rings. The zero-order chi connectivity index (χ0) is 18.1. The maximum Gasteiger partial charge on any atom is 0.280 e. The molecule has 2 aromatic carbocycles. The van der Waals surface area contributed by atoms with Gasteiger partial charge in [-0.25, -0.2) is 0 Å². The summed E-state index contributed by atoms with van der Waals surface area (Å²) in [7, 11) is 1.46. The highest BCUT2D eigenvalue weighted by atomic mass is 35.5. The minimum atomic E-state index is -0.321. The van der Waals surface area contributed by atoms with Crippen molar-refractivity contribution in [2.45, 2.75) is 6.92 Å². The van der Waals surface area contributed by atoms with Crippen LogP contribution in [0, 0.1) is 0 Å². The van der Waals surface area contributed by atoms with Crippen molar-refractivity contribution in [3.63, 3.8) is 0 Å². The summed E-state index contributed by atoms with van der Waals surface area (Å²) in [5, 5.41) is 16.5. The summed E-state index contributed by atoms with van der Waals surface area (Å²) < 4.78 is 5.09. The van der Waals surface area contributed by atoms with Crippen molar-refractivity contribution in [2.75, 3.05) is 12.1 Å². The highest BCUT2D eigenvalue weighted by Crippen LogP contribution is 2.34. The molecule has 7 heteroatoms. The van der Waals surface area contributed by atoms with Gasteiger partial charge >= 0.3 is 0 Å². The molecule has 1 amide bonds. The van der Waals surface area contributed by atoms with Crippen molar-refractivity contribution in [2.24, 2.45) is 5.10 Å². The molecule has 0 aromatic heterocycles. The fourth-order valence-electron chi connectivity index (χ4n) is 2.45. The number of nitrogens with zero attached hydrogens (tertiary/aromatic N) is 2. The fourth-order valence-corrected chi connectivity index (χ4v) is 2.74. The van der Waals surface area contributed by atoms with Crippen LogP contribution in [0.2, 0.25) is 10.0 Å². The van der Waals surface area contributed by atoms with Gasteiger partial charge in [0.25, 0.3) is 5.91 Å². The predicted octanol–water partition coefficient (Wildman–Crippen LogP) is 4.51. The Bertz CT molecular complexity index is 923. The number of aromatic hydroxyl groups is 1. The van der Waals surface area contributed by atoms with Crippen LogP contribution in [-0.2, 0) is 4.79 Å². The molecule has 1 aliphatic heterocycles. The average molecular weight is 377 g/mol. The number of amides is 1. The quantitative estimate of drug-likeness (QED) is 0.801. The number of methoxy groups -OCH3 is 1. The first-order valence-electron chi connectivity index (χ1n) is 7.35. The number of phenols is 1. The van der Waals surface area contributed by atoms with Crippen molar-refractivity contribution < 1.29 is 14.6 Å². The Hall–Kier alpha value is -2.50. The molecule has 0 unspecified atom stereocenters. The van der Waals surface area contributed by atoms with E-state index < -0.39 is 0 Å². The molecule has 0 bridgehead atoms. The highest BCUT2D eigenvalue weighted by Gasteiger charge is 2.29. The van der Waals surface area contributed by atoms with Crippen LogP contribution >= 0.6 is 23.2 Å². The Morgan fingerprint density at radius 2 is 1.96 bits per heavy atom. The SMILES string of the molecule is COc1cccc(/C=C2/C(=O)N(c3ccc(Cl)c(Cl)c3)N=C2C)c1O. The summed E-state index contributed by atoms with van der Waals surface area (Å²) in [6, 6.07) is 9.89. The summed E-state index contributed by atoms with van der Waals surface area (Å²) in [4.78, 5) is 12.7. The van der Waals surface area contributed by atoms with Gasteiger partial charge in [-0.1, -0.05) is 35.3 Å². The first kappa shape index (κ1) is 17.3. The van der Waals surface area contributed by atoms with Gasteiger partial charge in [0.15, 0.2) is 11.5 Å². The number of para-hydroxylation sites is 1. The van der Waals surface area contributed by atoms with Gasteiger partial charge < -0.3 is 9.84 Å². The molecular formula is C18H14Cl2N2O3. The van der Waals surface area contributed by atoms with Crippen molar-refractivity contribution in [3.05, 3.63) is 57.6 Å². The highest BCUT2D eigenvalue weighted by molar-refractivity contribution is 6.42. The van der Waals surface area contributed by atoms with E-state index in [9.17, 15) is 9.90 Å². The number of hydrogen-bond donors (Lipinski definition) is 1. The van der Waals surface area contributed by atoms with Gasteiger partial charge in [0.1, 0.15) is 0 Å². The number of carbonyl (C=O) groups excluding carboxylic acids is 1. The van der Waals surface area contributed by atoms with Gasteiger partial charge in [-0.05, 0) is 37.3 Å². The van der Waals surface area contributed by atoms with Crippen LogP contribution in [0.4, 0.5) is 5.69 Å². The molecule has 0 radical (unpaired) electrons. The molecular weight excluding hydrogens is 363 g/mol. The van der Waals surface area contributed by atoms with E-state index in [1.165, 1.54) is 12.1 Å². The van der Waals surface area contributed by atoms with Gasteiger partial charge in [-0.3, -0.25) is 4.79 Å². The summed E-state index contributed by atoms with van der Waals surface area (Å²) in [5.74, 6) is -0.0278. The lowest BCUT2D eigenvalue weighted by atomic mass is 10.1. The lowest BCUT2D eigenvalue weighted by Gasteiger charge is -2.12. The lowest BCUT2D eigenvalue weighted by molar-refractivity contribution is -0.114. The molecule has 0 spiro atoms. The molecule has 1 aliphatic rings. The minimum Gasteiger partial charge on any atom is -0.504 e. The fraction of sp³-hybridized carbons (Fsp3) is 0.111. The van der Waals surface area contributed by atoms with E-state index in [2.05, 4.69) is 5.10 Å². The number of rotatable bonds is 3. The average Bonchev–Trinajstić information content (AvgIpc) is 2.87. The normalized spacial score (nSPS) is 15.7. The monoisotopic (exact) mass is 376 g/mol. The van der Waals surface area contributed by atoms with Crippen LogP contribution in [0.3, 0.4) is 0 Å². The molecule has 25 heavy (non-hydrogen) atoms. The first-order valence-corrected chi connectivity index (χ1v) is 8.10. The smallest absolute Gasteiger partial charge is 0.280 e. The van der Waals surface area contributed by atoms with Crippen LogP contribution in [0.15, 0.2) is 47.1 Å². The maximum atomic E-state index is 12.7. The molecule has 3 rings (SSSR count). The van der Waals surface area contributed by atoms with E-state index in [4.69, 9.17) is 27.9 Å².